The summed E-state index contributed by atoms with van der Waals surface area (Å²) in [5.74, 6) is 0. The quantitative estimate of drug-likeness (QED) is 0.780. The molecule has 0 spiro atoms. The fraction of sp³-hybridized carbons (Fsp3) is 0.474. The van der Waals surface area contributed by atoms with E-state index in [2.05, 4.69) is 71.9 Å². The summed E-state index contributed by atoms with van der Waals surface area (Å²) >= 11 is 0. The average Bonchev–Trinajstić information content (AvgIpc) is 2.65. The number of benzene rings is 2. The molecule has 2 nitrogen and oxygen atoms in total. The van der Waals surface area contributed by atoms with Crippen molar-refractivity contribution in [3.8, 4) is 0 Å². The first-order valence-electron chi connectivity index (χ1n) is 8.13. The first-order chi connectivity index (χ1) is 10.2. The molecule has 1 aliphatic rings. The molecule has 22 heavy (non-hydrogen) atoms. The van der Waals surface area contributed by atoms with Gasteiger partial charge in [-0.25, -0.2) is 0 Å². The van der Waals surface area contributed by atoms with Gasteiger partial charge in [-0.2, -0.15) is 0 Å². The lowest BCUT2D eigenvalue weighted by Gasteiger charge is -2.32. The first-order valence-corrected chi connectivity index (χ1v) is 8.13. The monoisotopic (exact) mass is 296 g/mol. The second-order valence-corrected chi connectivity index (χ2v) is 7.31. The van der Waals surface area contributed by atoms with Crippen LogP contribution in [0, 0.1) is 6.92 Å². The second kappa shape index (κ2) is 5.11. The third-order valence-electron chi connectivity index (χ3n) is 5.13. The van der Waals surface area contributed by atoms with Gasteiger partial charge in [0.05, 0.1) is 11.2 Å². The van der Waals surface area contributed by atoms with Crippen LogP contribution < -0.4 is 5.46 Å². The maximum atomic E-state index is 6.29. The van der Waals surface area contributed by atoms with Crippen LogP contribution in [0.15, 0.2) is 30.3 Å². The molecular formula is C19H25BO2. The standard InChI is InChI=1S/C19H25BO2/c1-7-14-9-8-10-15-11-13(2)12-16(17(14)15)20-21-18(3,4)19(5,6)22-20/h8-12H,7H2,1-6H3. The van der Waals surface area contributed by atoms with E-state index in [0.717, 1.165) is 11.9 Å². The Balaban J connectivity index is 2.19. The lowest BCUT2D eigenvalue weighted by atomic mass is 9.74. The van der Waals surface area contributed by atoms with E-state index >= 15 is 0 Å². The molecule has 0 unspecified atom stereocenters. The number of fused-ring (bicyclic) bond motifs is 1. The molecule has 3 rings (SSSR count). The third kappa shape index (κ3) is 2.37. The minimum atomic E-state index is -0.311. The molecule has 116 valence electrons. The summed E-state index contributed by atoms with van der Waals surface area (Å²) in [5, 5.41) is 2.55. The fourth-order valence-corrected chi connectivity index (χ4v) is 3.15. The van der Waals surface area contributed by atoms with Crippen LogP contribution in [0.5, 0.6) is 0 Å². The van der Waals surface area contributed by atoms with Crippen molar-refractivity contribution >= 4 is 23.4 Å². The molecule has 1 fully saturated rings. The summed E-state index contributed by atoms with van der Waals surface area (Å²) in [4.78, 5) is 0. The summed E-state index contributed by atoms with van der Waals surface area (Å²) in [6.07, 6.45) is 1.01. The summed E-state index contributed by atoms with van der Waals surface area (Å²) < 4.78 is 12.6. The van der Waals surface area contributed by atoms with Crippen molar-refractivity contribution in [3.63, 3.8) is 0 Å². The van der Waals surface area contributed by atoms with E-state index < -0.39 is 0 Å². The first kappa shape index (κ1) is 15.6. The van der Waals surface area contributed by atoms with Crippen molar-refractivity contribution in [2.24, 2.45) is 0 Å². The van der Waals surface area contributed by atoms with Crippen LogP contribution >= 0.6 is 0 Å². The maximum Gasteiger partial charge on any atom is 0.495 e. The zero-order valence-corrected chi connectivity index (χ0v) is 14.5. The molecule has 0 N–H and O–H groups in total. The van der Waals surface area contributed by atoms with Gasteiger partial charge < -0.3 is 9.31 Å². The summed E-state index contributed by atoms with van der Waals surface area (Å²) in [5.41, 5.74) is 3.13. The minimum Gasteiger partial charge on any atom is -0.399 e. The summed E-state index contributed by atoms with van der Waals surface area (Å²) in [6.45, 7) is 12.7. The number of hydrogen-bond donors (Lipinski definition) is 0. The van der Waals surface area contributed by atoms with Crippen molar-refractivity contribution in [1.82, 2.24) is 0 Å². The predicted octanol–water partition coefficient (Wildman–Crippen LogP) is 4.01. The van der Waals surface area contributed by atoms with Gasteiger partial charge in [-0.1, -0.05) is 42.8 Å². The molecule has 0 aromatic heterocycles. The molecule has 0 radical (unpaired) electrons. The lowest BCUT2D eigenvalue weighted by Crippen LogP contribution is -2.41. The van der Waals surface area contributed by atoms with E-state index in [-0.39, 0.29) is 18.3 Å². The third-order valence-corrected chi connectivity index (χ3v) is 5.13. The normalized spacial score (nSPS) is 19.8. The van der Waals surface area contributed by atoms with Gasteiger partial charge in [0.2, 0.25) is 0 Å². The highest BCUT2D eigenvalue weighted by Gasteiger charge is 2.52. The Morgan fingerprint density at radius 2 is 1.64 bits per heavy atom. The largest absolute Gasteiger partial charge is 0.495 e. The highest BCUT2D eigenvalue weighted by Crippen LogP contribution is 2.37. The van der Waals surface area contributed by atoms with Gasteiger partial charge >= 0.3 is 7.12 Å². The van der Waals surface area contributed by atoms with E-state index in [1.54, 1.807) is 0 Å². The molecule has 3 heteroatoms. The predicted molar refractivity (Wildman–Crippen MR) is 93.8 cm³/mol. The van der Waals surface area contributed by atoms with Crippen LogP contribution in [0.1, 0.15) is 45.7 Å². The van der Waals surface area contributed by atoms with Crippen LogP contribution in [0.4, 0.5) is 0 Å². The highest BCUT2D eigenvalue weighted by molar-refractivity contribution is 6.65. The van der Waals surface area contributed by atoms with Gasteiger partial charge in [0.15, 0.2) is 0 Å². The summed E-state index contributed by atoms with van der Waals surface area (Å²) in [6, 6.07) is 11.0. The summed E-state index contributed by atoms with van der Waals surface area (Å²) in [7, 11) is -0.305. The Morgan fingerprint density at radius 3 is 2.23 bits per heavy atom. The van der Waals surface area contributed by atoms with Crippen LogP contribution in [0.25, 0.3) is 10.8 Å². The smallest absolute Gasteiger partial charge is 0.399 e. The maximum absolute atomic E-state index is 6.29. The Morgan fingerprint density at radius 1 is 1.00 bits per heavy atom. The minimum absolute atomic E-state index is 0.305. The molecule has 2 aromatic rings. The van der Waals surface area contributed by atoms with E-state index in [9.17, 15) is 0 Å². The van der Waals surface area contributed by atoms with Crippen LogP contribution in [-0.2, 0) is 15.7 Å². The van der Waals surface area contributed by atoms with Crippen molar-refractivity contribution in [3.05, 3.63) is 41.5 Å². The molecule has 0 amide bonds. The van der Waals surface area contributed by atoms with Gasteiger partial charge in [0.1, 0.15) is 0 Å². The Labute approximate surface area is 134 Å². The molecule has 0 aliphatic carbocycles. The van der Waals surface area contributed by atoms with Crippen LogP contribution in [0.3, 0.4) is 0 Å². The van der Waals surface area contributed by atoms with E-state index in [0.29, 0.717) is 0 Å². The molecule has 1 heterocycles. The molecule has 1 aliphatic heterocycles. The SMILES string of the molecule is CCc1cccc2cc(C)cc(B3OC(C)(C)C(C)(C)O3)c12. The van der Waals surface area contributed by atoms with Gasteiger partial charge in [-0.3, -0.25) is 0 Å². The Hall–Kier alpha value is -1.32. The van der Waals surface area contributed by atoms with Gasteiger partial charge in [-0.05, 0) is 62.8 Å². The van der Waals surface area contributed by atoms with Gasteiger partial charge in [0, 0.05) is 0 Å². The van der Waals surface area contributed by atoms with E-state index in [1.165, 1.54) is 21.9 Å². The molecule has 0 atom stereocenters. The number of aryl methyl sites for hydroxylation is 2. The molecule has 1 saturated heterocycles. The van der Waals surface area contributed by atoms with Crippen molar-refractivity contribution in [2.75, 3.05) is 0 Å². The molecule has 0 bridgehead atoms. The van der Waals surface area contributed by atoms with Crippen LogP contribution in [-0.4, -0.2) is 18.3 Å². The fourth-order valence-electron chi connectivity index (χ4n) is 3.15. The Kier molecular flexibility index (Phi) is 3.62. The van der Waals surface area contributed by atoms with Crippen molar-refractivity contribution in [2.45, 2.75) is 59.2 Å². The van der Waals surface area contributed by atoms with E-state index in [4.69, 9.17) is 9.31 Å². The van der Waals surface area contributed by atoms with Crippen molar-refractivity contribution in [1.29, 1.82) is 0 Å². The van der Waals surface area contributed by atoms with Gasteiger partial charge in [-0.15, -0.1) is 0 Å². The zero-order valence-electron chi connectivity index (χ0n) is 14.5. The number of hydrogen-bond acceptors (Lipinski definition) is 2. The lowest BCUT2D eigenvalue weighted by molar-refractivity contribution is 0.00578. The topological polar surface area (TPSA) is 18.5 Å². The molecule has 2 aromatic carbocycles. The molecule has 0 saturated carbocycles. The molecular weight excluding hydrogens is 271 g/mol. The second-order valence-electron chi connectivity index (χ2n) is 7.31. The van der Waals surface area contributed by atoms with E-state index in [1.807, 2.05) is 0 Å². The highest BCUT2D eigenvalue weighted by atomic mass is 16.7. The van der Waals surface area contributed by atoms with Crippen LogP contribution in [0.2, 0.25) is 0 Å². The van der Waals surface area contributed by atoms with Crippen molar-refractivity contribution < 1.29 is 9.31 Å². The number of rotatable bonds is 2. The Bertz CT molecular complexity index is 703. The average molecular weight is 296 g/mol. The zero-order chi connectivity index (χ0) is 16.1. The van der Waals surface area contributed by atoms with Gasteiger partial charge in [0.25, 0.3) is 0 Å².